The molecule has 0 aromatic heterocycles. The van der Waals surface area contributed by atoms with Gasteiger partial charge in [0.1, 0.15) is 0 Å². The molecule has 0 bridgehead atoms. The number of carbonyl (C=O) groups excluding carboxylic acids is 1. The highest BCUT2D eigenvalue weighted by Crippen LogP contribution is 2.40. The molecule has 0 spiro atoms. The van der Waals surface area contributed by atoms with Crippen molar-refractivity contribution in [2.75, 3.05) is 34.4 Å². The SMILES string of the molecule is COc1cc2c(cc1OC)C(=O)C(C1CCN(C)CC1)C2. The van der Waals surface area contributed by atoms with Crippen molar-refractivity contribution in [3.63, 3.8) is 0 Å². The van der Waals surface area contributed by atoms with Gasteiger partial charge < -0.3 is 14.4 Å². The fourth-order valence-electron chi connectivity index (χ4n) is 3.66. The van der Waals surface area contributed by atoms with Crippen LogP contribution in [0.25, 0.3) is 0 Å². The topological polar surface area (TPSA) is 38.8 Å². The Kier molecular flexibility index (Phi) is 3.89. The first-order valence-corrected chi connectivity index (χ1v) is 7.61. The van der Waals surface area contributed by atoms with Crippen LogP contribution in [0.2, 0.25) is 0 Å². The molecule has 0 radical (unpaired) electrons. The monoisotopic (exact) mass is 289 g/mol. The summed E-state index contributed by atoms with van der Waals surface area (Å²) in [5.41, 5.74) is 1.94. The van der Waals surface area contributed by atoms with Crippen molar-refractivity contribution < 1.29 is 14.3 Å². The van der Waals surface area contributed by atoms with E-state index in [2.05, 4.69) is 11.9 Å². The standard InChI is InChI=1S/C17H23NO3/c1-18-6-4-11(5-7-18)13-8-12-9-15(20-2)16(21-3)10-14(12)17(13)19/h9-11,13H,4-8H2,1-3H3. The number of carbonyl (C=O) groups is 1. The molecule has 0 N–H and O–H groups in total. The molecule has 1 fully saturated rings. The lowest BCUT2D eigenvalue weighted by Gasteiger charge is -2.31. The Bertz CT molecular complexity index is 547. The summed E-state index contributed by atoms with van der Waals surface area (Å²) in [6.45, 7) is 2.19. The summed E-state index contributed by atoms with van der Waals surface area (Å²) in [4.78, 5) is 15.1. The molecular weight excluding hydrogens is 266 g/mol. The van der Waals surface area contributed by atoms with Gasteiger partial charge in [-0.1, -0.05) is 0 Å². The van der Waals surface area contributed by atoms with E-state index in [1.807, 2.05) is 12.1 Å². The van der Waals surface area contributed by atoms with E-state index in [-0.39, 0.29) is 5.92 Å². The lowest BCUT2D eigenvalue weighted by Crippen LogP contribution is -2.35. The van der Waals surface area contributed by atoms with Crippen LogP contribution < -0.4 is 9.47 Å². The predicted molar refractivity (Wildman–Crippen MR) is 81.3 cm³/mol. The maximum absolute atomic E-state index is 12.7. The van der Waals surface area contributed by atoms with E-state index in [1.54, 1.807) is 14.2 Å². The summed E-state index contributed by atoms with van der Waals surface area (Å²) in [6.07, 6.45) is 3.09. The third kappa shape index (κ3) is 2.53. The Labute approximate surface area is 126 Å². The molecule has 1 aliphatic heterocycles. The average molecular weight is 289 g/mol. The van der Waals surface area contributed by atoms with Gasteiger partial charge in [0.2, 0.25) is 0 Å². The molecule has 3 rings (SSSR count). The summed E-state index contributed by atoms with van der Waals surface area (Å²) >= 11 is 0. The van der Waals surface area contributed by atoms with Gasteiger partial charge in [-0.05, 0) is 63.0 Å². The molecule has 1 aromatic rings. The molecule has 1 aliphatic carbocycles. The van der Waals surface area contributed by atoms with Crippen molar-refractivity contribution in [3.05, 3.63) is 23.3 Å². The molecule has 21 heavy (non-hydrogen) atoms. The van der Waals surface area contributed by atoms with Crippen LogP contribution in [0.4, 0.5) is 0 Å². The Balaban J connectivity index is 1.85. The van der Waals surface area contributed by atoms with Crippen molar-refractivity contribution in [1.82, 2.24) is 4.90 Å². The molecule has 0 saturated carbocycles. The zero-order valence-electron chi connectivity index (χ0n) is 13.0. The summed E-state index contributed by atoms with van der Waals surface area (Å²) < 4.78 is 10.7. The van der Waals surface area contributed by atoms with E-state index in [1.165, 1.54) is 0 Å². The quantitative estimate of drug-likeness (QED) is 0.856. The van der Waals surface area contributed by atoms with Gasteiger partial charge in [-0.15, -0.1) is 0 Å². The Hall–Kier alpha value is -1.55. The van der Waals surface area contributed by atoms with E-state index in [4.69, 9.17) is 9.47 Å². The third-order valence-corrected chi connectivity index (χ3v) is 4.98. The number of ketones is 1. The molecule has 114 valence electrons. The molecule has 0 amide bonds. The Morgan fingerprint density at radius 2 is 1.71 bits per heavy atom. The van der Waals surface area contributed by atoms with E-state index in [0.717, 1.165) is 43.5 Å². The largest absolute Gasteiger partial charge is 0.493 e. The van der Waals surface area contributed by atoms with Gasteiger partial charge in [-0.25, -0.2) is 0 Å². The minimum Gasteiger partial charge on any atom is -0.493 e. The molecule has 4 heteroatoms. The van der Waals surface area contributed by atoms with Gasteiger partial charge in [0.25, 0.3) is 0 Å². The molecular formula is C17H23NO3. The van der Waals surface area contributed by atoms with Crippen molar-refractivity contribution >= 4 is 5.78 Å². The minimum absolute atomic E-state index is 0.144. The van der Waals surface area contributed by atoms with Crippen LogP contribution >= 0.6 is 0 Å². The first kappa shape index (κ1) is 14.4. The smallest absolute Gasteiger partial charge is 0.166 e. The van der Waals surface area contributed by atoms with Gasteiger partial charge >= 0.3 is 0 Å². The van der Waals surface area contributed by atoms with E-state index in [0.29, 0.717) is 23.2 Å². The van der Waals surface area contributed by atoms with Crippen LogP contribution in [0, 0.1) is 11.8 Å². The molecule has 1 aromatic carbocycles. The summed E-state index contributed by atoms with van der Waals surface area (Å²) in [5.74, 6) is 2.31. The van der Waals surface area contributed by atoms with Crippen LogP contribution in [-0.4, -0.2) is 45.0 Å². The number of nitrogens with zero attached hydrogens (tertiary/aromatic N) is 1. The van der Waals surface area contributed by atoms with Gasteiger partial charge in [-0.3, -0.25) is 4.79 Å². The number of benzene rings is 1. The molecule has 1 saturated heterocycles. The van der Waals surface area contributed by atoms with Crippen LogP contribution in [0.3, 0.4) is 0 Å². The number of piperidine rings is 1. The van der Waals surface area contributed by atoms with Gasteiger partial charge in [-0.2, -0.15) is 0 Å². The maximum Gasteiger partial charge on any atom is 0.166 e. The maximum atomic E-state index is 12.7. The number of likely N-dealkylation sites (tertiary alicyclic amines) is 1. The zero-order valence-corrected chi connectivity index (χ0v) is 13.0. The lowest BCUT2D eigenvalue weighted by molar-refractivity contribution is 0.0839. The fourth-order valence-corrected chi connectivity index (χ4v) is 3.66. The van der Waals surface area contributed by atoms with E-state index in [9.17, 15) is 4.79 Å². The average Bonchev–Trinajstić information content (AvgIpc) is 2.83. The third-order valence-electron chi connectivity index (χ3n) is 4.98. The minimum atomic E-state index is 0.144. The second-order valence-corrected chi connectivity index (χ2v) is 6.18. The summed E-state index contributed by atoms with van der Waals surface area (Å²) in [6, 6.07) is 3.83. The van der Waals surface area contributed by atoms with Gasteiger partial charge in [0, 0.05) is 11.5 Å². The summed E-state index contributed by atoms with van der Waals surface area (Å²) in [5, 5.41) is 0. The van der Waals surface area contributed by atoms with Crippen molar-refractivity contribution in [2.45, 2.75) is 19.3 Å². The second-order valence-electron chi connectivity index (χ2n) is 6.18. The van der Waals surface area contributed by atoms with Crippen molar-refractivity contribution in [2.24, 2.45) is 11.8 Å². The van der Waals surface area contributed by atoms with Crippen LogP contribution in [0.1, 0.15) is 28.8 Å². The number of hydrogen-bond donors (Lipinski definition) is 0. The first-order chi connectivity index (χ1) is 10.1. The van der Waals surface area contributed by atoms with Crippen molar-refractivity contribution in [1.29, 1.82) is 0 Å². The molecule has 1 heterocycles. The van der Waals surface area contributed by atoms with E-state index >= 15 is 0 Å². The van der Waals surface area contributed by atoms with Crippen LogP contribution in [0.15, 0.2) is 12.1 Å². The number of methoxy groups -OCH3 is 2. The Morgan fingerprint density at radius 3 is 2.33 bits per heavy atom. The fraction of sp³-hybridized carbons (Fsp3) is 0.588. The predicted octanol–water partition coefficient (Wildman–Crippen LogP) is 2.40. The highest BCUT2D eigenvalue weighted by atomic mass is 16.5. The molecule has 4 nitrogen and oxygen atoms in total. The molecule has 1 atom stereocenters. The normalized spacial score (nSPS) is 23.2. The van der Waals surface area contributed by atoms with Crippen molar-refractivity contribution in [3.8, 4) is 11.5 Å². The number of ether oxygens (including phenoxy) is 2. The number of Topliss-reactive ketones (excluding diaryl/α,β-unsaturated/α-hetero) is 1. The number of fused-ring (bicyclic) bond motifs is 1. The van der Waals surface area contributed by atoms with Gasteiger partial charge in [0.05, 0.1) is 14.2 Å². The summed E-state index contributed by atoms with van der Waals surface area (Å²) in [7, 11) is 5.39. The number of rotatable bonds is 3. The van der Waals surface area contributed by atoms with E-state index < -0.39 is 0 Å². The first-order valence-electron chi connectivity index (χ1n) is 7.61. The molecule has 2 aliphatic rings. The van der Waals surface area contributed by atoms with Crippen LogP contribution in [-0.2, 0) is 6.42 Å². The van der Waals surface area contributed by atoms with Gasteiger partial charge in [0.15, 0.2) is 17.3 Å². The number of hydrogen-bond acceptors (Lipinski definition) is 4. The highest BCUT2D eigenvalue weighted by Gasteiger charge is 2.38. The highest BCUT2D eigenvalue weighted by molar-refractivity contribution is 6.03. The zero-order chi connectivity index (χ0) is 15.0. The molecule has 1 unspecified atom stereocenters. The lowest BCUT2D eigenvalue weighted by atomic mass is 9.82. The second kappa shape index (κ2) is 5.68. The Morgan fingerprint density at radius 1 is 1.10 bits per heavy atom. The van der Waals surface area contributed by atoms with Crippen LogP contribution in [0.5, 0.6) is 11.5 Å².